The minimum absolute atomic E-state index is 0.124. The standard InChI is InChI=1S/C16H12Br2ClNS/c1-20-15(9-5-6-12(17)14(19)7-9)11-8-21-16-10(11)3-2-4-13(16)18/h2-8,15,20H,1H3. The lowest BCUT2D eigenvalue weighted by Crippen LogP contribution is -2.17. The maximum absolute atomic E-state index is 6.24. The summed E-state index contributed by atoms with van der Waals surface area (Å²) in [5.74, 6) is 0. The van der Waals surface area contributed by atoms with Gasteiger partial charge in [0.1, 0.15) is 0 Å². The number of fused-ring (bicyclic) bond motifs is 1. The second kappa shape index (κ2) is 6.39. The molecule has 0 saturated heterocycles. The first-order chi connectivity index (χ1) is 10.1. The fraction of sp³-hybridized carbons (Fsp3) is 0.125. The molecular weight excluding hydrogens is 434 g/mol. The van der Waals surface area contributed by atoms with Crippen LogP contribution < -0.4 is 5.32 Å². The van der Waals surface area contributed by atoms with Crippen LogP contribution in [-0.2, 0) is 0 Å². The monoisotopic (exact) mass is 443 g/mol. The van der Waals surface area contributed by atoms with Gasteiger partial charge in [-0.1, -0.05) is 29.8 Å². The van der Waals surface area contributed by atoms with E-state index in [1.165, 1.54) is 15.6 Å². The molecule has 1 nitrogen and oxygen atoms in total. The molecule has 1 unspecified atom stereocenters. The minimum Gasteiger partial charge on any atom is -0.309 e. The van der Waals surface area contributed by atoms with Crippen molar-refractivity contribution in [1.82, 2.24) is 5.32 Å². The Morgan fingerprint density at radius 1 is 1.14 bits per heavy atom. The first kappa shape index (κ1) is 15.5. The van der Waals surface area contributed by atoms with Crippen LogP contribution >= 0.6 is 54.8 Å². The van der Waals surface area contributed by atoms with E-state index in [1.54, 1.807) is 11.3 Å². The van der Waals surface area contributed by atoms with Crippen LogP contribution in [0.5, 0.6) is 0 Å². The molecular formula is C16H12Br2ClNS. The molecule has 3 rings (SSSR count). The summed E-state index contributed by atoms with van der Waals surface area (Å²) in [4.78, 5) is 0. The second-order valence-electron chi connectivity index (χ2n) is 4.70. The average molecular weight is 446 g/mol. The lowest BCUT2D eigenvalue weighted by atomic mass is 9.98. The Labute approximate surface area is 149 Å². The fourth-order valence-corrected chi connectivity index (χ4v) is 4.54. The molecule has 21 heavy (non-hydrogen) atoms. The van der Waals surface area contributed by atoms with Crippen molar-refractivity contribution >= 4 is 64.9 Å². The smallest absolute Gasteiger partial charge is 0.0589 e. The molecule has 0 amide bonds. The van der Waals surface area contributed by atoms with Gasteiger partial charge in [0.05, 0.1) is 11.1 Å². The third kappa shape index (κ3) is 2.92. The minimum atomic E-state index is 0.124. The van der Waals surface area contributed by atoms with Crippen molar-refractivity contribution < 1.29 is 0 Å². The summed E-state index contributed by atoms with van der Waals surface area (Å²) in [6.07, 6.45) is 0. The highest BCUT2D eigenvalue weighted by atomic mass is 79.9. The zero-order chi connectivity index (χ0) is 15.0. The number of thiophene rings is 1. The molecule has 1 atom stereocenters. The molecule has 0 fully saturated rings. The largest absolute Gasteiger partial charge is 0.309 e. The van der Waals surface area contributed by atoms with Gasteiger partial charge in [-0.15, -0.1) is 11.3 Å². The van der Waals surface area contributed by atoms with Crippen LogP contribution in [0.3, 0.4) is 0 Å². The molecule has 108 valence electrons. The van der Waals surface area contributed by atoms with Crippen molar-refractivity contribution in [2.45, 2.75) is 6.04 Å². The van der Waals surface area contributed by atoms with Crippen LogP contribution in [0.4, 0.5) is 0 Å². The Morgan fingerprint density at radius 3 is 2.67 bits per heavy atom. The summed E-state index contributed by atoms with van der Waals surface area (Å²) >= 11 is 15.1. The van der Waals surface area contributed by atoms with E-state index in [4.69, 9.17) is 11.6 Å². The van der Waals surface area contributed by atoms with E-state index in [-0.39, 0.29) is 6.04 Å². The van der Waals surface area contributed by atoms with Gasteiger partial charge in [0.2, 0.25) is 0 Å². The Morgan fingerprint density at radius 2 is 1.95 bits per heavy atom. The molecule has 0 aliphatic carbocycles. The fourth-order valence-electron chi connectivity index (χ4n) is 2.46. The van der Waals surface area contributed by atoms with Crippen molar-refractivity contribution in [3.8, 4) is 0 Å². The number of hydrogen-bond acceptors (Lipinski definition) is 2. The third-order valence-electron chi connectivity index (χ3n) is 3.46. The summed E-state index contributed by atoms with van der Waals surface area (Å²) in [5.41, 5.74) is 2.43. The first-order valence-electron chi connectivity index (χ1n) is 6.39. The van der Waals surface area contributed by atoms with Gasteiger partial charge < -0.3 is 5.32 Å². The Kier molecular flexibility index (Phi) is 4.71. The molecule has 0 radical (unpaired) electrons. The molecule has 0 aliphatic heterocycles. The molecule has 0 bridgehead atoms. The highest BCUT2D eigenvalue weighted by Crippen LogP contribution is 2.38. The Balaban J connectivity index is 2.14. The Hall–Kier alpha value is -0.390. The van der Waals surface area contributed by atoms with E-state index in [0.717, 1.165) is 19.5 Å². The maximum atomic E-state index is 6.24. The molecule has 0 saturated carbocycles. The van der Waals surface area contributed by atoms with Crippen LogP contribution in [0.2, 0.25) is 5.02 Å². The van der Waals surface area contributed by atoms with Crippen LogP contribution in [0.25, 0.3) is 10.1 Å². The van der Waals surface area contributed by atoms with Crippen LogP contribution in [0, 0.1) is 0 Å². The SMILES string of the molecule is CNC(c1ccc(Br)c(Cl)c1)c1csc2c(Br)cccc12. The summed E-state index contributed by atoms with van der Waals surface area (Å²) in [7, 11) is 1.97. The molecule has 5 heteroatoms. The van der Waals surface area contributed by atoms with Gasteiger partial charge in [0.25, 0.3) is 0 Å². The summed E-state index contributed by atoms with van der Waals surface area (Å²) in [5, 5.41) is 7.61. The maximum Gasteiger partial charge on any atom is 0.0589 e. The van der Waals surface area contributed by atoms with E-state index in [2.05, 4.69) is 66.8 Å². The van der Waals surface area contributed by atoms with E-state index in [1.807, 2.05) is 19.2 Å². The zero-order valence-electron chi connectivity index (χ0n) is 11.2. The topological polar surface area (TPSA) is 12.0 Å². The van der Waals surface area contributed by atoms with E-state index in [9.17, 15) is 0 Å². The number of benzene rings is 2. The van der Waals surface area contributed by atoms with Crippen molar-refractivity contribution in [2.75, 3.05) is 7.05 Å². The summed E-state index contributed by atoms with van der Waals surface area (Å²) in [6, 6.07) is 12.5. The lowest BCUT2D eigenvalue weighted by molar-refractivity contribution is 0.698. The summed E-state index contributed by atoms with van der Waals surface area (Å²) < 4.78 is 3.33. The Bertz CT molecular complexity index is 800. The van der Waals surface area contributed by atoms with Crippen molar-refractivity contribution in [3.05, 3.63) is 66.9 Å². The lowest BCUT2D eigenvalue weighted by Gasteiger charge is -2.17. The van der Waals surface area contributed by atoms with Crippen molar-refractivity contribution in [2.24, 2.45) is 0 Å². The van der Waals surface area contributed by atoms with Gasteiger partial charge in [-0.25, -0.2) is 0 Å². The summed E-state index contributed by atoms with van der Waals surface area (Å²) in [6.45, 7) is 0. The zero-order valence-corrected chi connectivity index (χ0v) is 15.9. The molecule has 1 N–H and O–H groups in total. The number of nitrogens with one attached hydrogen (secondary N) is 1. The molecule has 1 aromatic heterocycles. The molecule has 2 aromatic carbocycles. The van der Waals surface area contributed by atoms with E-state index >= 15 is 0 Å². The quantitative estimate of drug-likeness (QED) is 0.493. The molecule has 0 aliphatic rings. The normalized spacial score (nSPS) is 12.8. The van der Waals surface area contributed by atoms with Gasteiger partial charge in [-0.05, 0) is 79.0 Å². The molecule has 1 heterocycles. The number of hydrogen-bond donors (Lipinski definition) is 1. The highest BCUT2D eigenvalue weighted by Gasteiger charge is 2.18. The van der Waals surface area contributed by atoms with Gasteiger partial charge in [-0.3, -0.25) is 0 Å². The highest BCUT2D eigenvalue weighted by molar-refractivity contribution is 9.11. The predicted molar refractivity (Wildman–Crippen MR) is 99.6 cm³/mol. The number of rotatable bonds is 3. The van der Waals surface area contributed by atoms with Crippen molar-refractivity contribution in [1.29, 1.82) is 0 Å². The third-order valence-corrected chi connectivity index (χ3v) is 6.66. The van der Waals surface area contributed by atoms with Gasteiger partial charge in [0, 0.05) is 13.6 Å². The van der Waals surface area contributed by atoms with E-state index in [0.29, 0.717) is 0 Å². The van der Waals surface area contributed by atoms with Gasteiger partial charge in [-0.2, -0.15) is 0 Å². The van der Waals surface area contributed by atoms with Crippen LogP contribution in [0.1, 0.15) is 17.2 Å². The number of halogens is 3. The van der Waals surface area contributed by atoms with Crippen LogP contribution in [0.15, 0.2) is 50.7 Å². The predicted octanol–water partition coefficient (Wildman–Crippen LogP) is 6.39. The van der Waals surface area contributed by atoms with Gasteiger partial charge >= 0.3 is 0 Å². The first-order valence-corrected chi connectivity index (χ1v) is 9.24. The van der Waals surface area contributed by atoms with Crippen molar-refractivity contribution in [3.63, 3.8) is 0 Å². The average Bonchev–Trinajstić information content (AvgIpc) is 2.89. The molecule has 3 aromatic rings. The van der Waals surface area contributed by atoms with E-state index < -0.39 is 0 Å². The molecule has 0 spiro atoms. The second-order valence-corrected chi connectivity index (χ2v) is 7.70. The van der Waals surface area contributed by atoms with Crippen LogP contribution in [-0.4, -0.2) is 7.05 Å². The van der Waals surface area contributed by atoms with Gasteiger partial charge in [0.15, 0.2) is 0 Å².